The van der Waals surface area contributed by atoms with Crippen LogP contribution in [0.2, 0.25) is 0 Å². The highest BCUT2D eigenvalue weighted by Gasteiger charge is 2.39. The van der Waals surface area contributed by atoms with Crippen molar-refractivity contribution >= 4 is 40.1 Å². The highest BCUT2D eigenvalue weighted by Crippen LogP contribution is 2.41. The van der Waals surface area contributed by atoms with Gasteiger partial charge in [-0.3, -0.25) is 68.1 Å². The molecule has 37 heteroatoms. The Hall–Kier alpha value is -12.7. The monoisotopic (exact) mass is 1900 g/mol. The second-order valence-corrected chi connectivity index (χ2v) is 35.8. The van der Waals surface area contributed by atoms with Gasteiger partial charge < -0.3 is 63.2 Å². The number of hydrogen-bond acceptors (Lipinski definition) is 19. The maximum Gasteiger partial charge on any atom is 0.401 e. The van der Waals surface area contributed by atoms with E-state index in [2.05, 4.69) is 93.7 Å². The zero-order chi connectivity index (χ0) is 99.1. The molecule has 3 aliphatic heterocycles. The van der Waals surface area contributed by atoms with Gasteiger partial charge in [-0.15, -0.1) is 0 Å². The fraction of sp³-hybridized carbons (Fsp3) is 0.430. The number of rotatable bonds is 27. The average molecular weight is 1900 g/mol. The van der Waals surface area contributed by atoms with Crippen molar-refractivity contribution in [3.05, 3.63) is 255 Å². The van der Waals surface area contributed by atoms with Crippen molar-refractivity contribution in [1.29, 1.82) is 0 Å². The number of piperazine rings is 3. The van der Waals surface area contributed by atoms with E-state index in [1.807, 2.05) is 153 Å². The predicted molar refractivity (Wildman–Crippen MR) is 510 cm³/mol. The number of alkyl halides is 9. The maximum absolute atomic E-state index is 13.9. The van der Waals surface area contributed by atoms with E-state index >= 15 is 0 Å². The molecule has 12 aromatic heterocycles. The molecular formula is C100H120F9N19O9. The van der Waals surface area contributed by atoms with E-state index in [1.54, 1.807) is 57.6 Å². The molecule has 12 aromatic rings. The van der Waals surface area contributed by atoms with E-state index in [1.165, 1.54) is 36.0 Å². The van der Waals surface area contributed by atoms with Crippen LogP contribution in [-0.2, 0) is 26.1 Å². The number of aromatic nitrogens is 9. The lowest BCUT2D eigenvalue weighted by Gasteiger charge is -2.39. The fourth-order valence-corrected chi connectivity index (χ4v) is 18.9. The Bertz CT molecular complexity index is 6570. The van der Waals surface area contributed by atoms with Crippen LogP contribution in [0.3, 0.4) is 0 Å². The summed E-state index contributed by atoms with van der Waals surface area (Å²) in [6.07, 6.45) is -0.732. The van der Waals surface area contributed by atoms with Gasteiger partial charge in [0.15, 0.2) is 0 Å². The first-order valence-corrected chi connectivity index (χ1v) is 45.7. The fourth-order valence-electron chi connectivity index (χ4n) is 18.9. The molecule has 3 saturated heterocycles. The largest absolute Gasteiger partial charge is 0.496 e. The minimum atomic E-state index is -4.25. The van der Waals surface area contributed by atoms with Gasteiger partial charge in [0.2, 0.25) is 0 Å². The molecule has 15 heterocycles. The molecule has 15 rings (SSSR count). The zero-order valence-corrected chi connectivity index (χ0v) is 80.3. The van der Waals surface area contributed by atoms with Gasteiger partial charge in [0.1, 0.15) is 23.1 Å². The average Bonchev–Trinajstić information content (AvgIpc) is 1.62. The zero-order valence-electron chi connectivity index (χ0n) is 80.3. The van der Waals surface area contributed by atoms with Crippen LogP contribution >= 0.6 is 0 Å². The Labute approximate surface area is 788 Å². The first-order valence-electron chi connectivity index (χ1n) is 45.7. The number of nitrogens with one attached hydrogen (secondary N) is 6. The first kappa shape index (κ1) is 102. The number of halogens is 9. The van der Waals surface area contributed by atoms with Crippen LogP contribution in [0.25, 0.3) is 49.9 Å². The Morgan fingerprint density at radius 1 is 0.423 bits per heavy atom. The number of hydrogen-bond donors (Lipinski definition) is 6. The van der Waals surface area contributed by atoms with Crippen molar-refractivity contribution in [3.8, 4) is 50.6 Å². The Morgan fingerprint density at radius 2 is 0.752 bits per heavy atom. The van der Waals surface area contributed by atoms with Crippen molar-refractivity contribution in [2.24, 2.45) is 0 Å². The van der Waals surface area contributed by atoms with Crippen LogP contribution in [0.15, 0.2) is 143 Å². The van der Waals surface area contributed by atoms with Gasteiger partial charge in [-0.2, -0.15) is 39.5 Å². The number of carbonyl (C=O) groups excluding carboxylic acids is 3. The van der Waals surface area contributed by atoms with Crippen LogP contribution in [0.5, 0.6) is 17.2 Å². The van der Waals surface area contributed by atoms with Gasteiger partial charge in [-0.1, -0.05) is 20.8 Å². The normalized spacial score (nSPS) is 15.4. The van der Waals surface area contributed by atoms with E-state index < -0.39 is 38.2 Å². The summed E-state index contributed by atoms with van der Waals surface area (Å²) in [7, 11) is 8.26. The van der Waals surface area contributed by atoms with Gasteiger partial charge in [0, 0.05) is 232 Å². The molecule has 3 atom stereocenters. The molecule has 0 radical (unpaired) electrons. The Kier molecular flexibility index (Phi) is 31.9. The summed E-state index contributed by atoms with van der Waals surface area (Å²) >= 11 is 0. The quantitative estimate of drug-likeness (QED) is 0.0261. The maximum atomic E-state index is 13.9. The molecule has 3 amide bonds. The summed E-state index contributed by atoms with van der Waals surface area (Å²) in [5.74, 6) is 1.09. The second-order valence-electron chi connectivity index (χ2n) is 35.8. The molecular weight excluding hydrogens is 1780 g/mol. The molecule has 732 valence electrons. The van der Waals surface area contributed by atoms with Crippen LogP contribution in [0, 0.1) is 41.5 Å². The van der Waals surface area contributed by atoms with Gasteiger partial charge >= 0.3 is 18.5 Å². The molecule has 28 nitrogen and oxygen atoms in total. The summed E-state index contributed by atoms with van der Waals surface area (Å²) in [6, 6.07) is 27.9. The third-order valence-corrected chi connectivity index (χ3v) is 26.1. The van der Waals surface area contributed by atoms with Crippen molar-refractivity contribution in [2.75, 3.05) is 138 Å². The Morgan fingerprint density at radius 3 is 1.07 bits per heavy atom. The summed E-state index contributed by atoms with van der Waals surface area (Å²) in [6.45, 7) is 24.8. The number of fused-ring (bicyclic) bond motifs is 3. The molecule has 0 saturated carbocycles. The van der Waals surface area contributed by atoms with Crippen molar-refractivity contribution in [2.45, 2.75) is 152 Å². The summed E-state index contributed by atoms with van der Waals surface area (Å²) < 4.78 is 140. The standard InChI is InChI=1S/C34H41F3N6O3.C33H40F3N7O3.C33H39F3N6O3/c1-20(2)28-16-24(7-9-38-28)25-8-10-43-29(25)17-26(32(44)39-18-27-30(46-6)15-21(3)40-33(27)45)22(4)31(43)23(5)42-13-11-41(12-14-42)19-34(35,36)37;1-20-16-28(46-6)26(32(45)39-20)18-38-31(44)25-17-27-23(24-8-7-10-37-30(24)40(4)5)9-11-43(27)29(21(25)2)22(3)42-14-12-41(13-15-42)19-33(34,35)36;1-6-24-16-23(7-9-37-24)25-8-10-42-28(25)17-26(31(43)38-18-27-29(45-5)15-20(2)39-32(27)44)21(3)30(42)22(4)41-13-11-40(12-14-41)19-33(34,35)36/h7-10,15-17,20,23H,11-14,18-19H2,1-6H3,(H,39,44)(H,40,45);7-11,16-17,22H,12-15,18-19H2,1-6H3,(H,38,44)(H,39,45);7-10,15-17,22H,6,11-14,18-19H2,1-5H3,(H,38,43)(H,39,44). The number of aryl methyl sites for hydroxylation is 4. The van der Waals surface area contributed by atoms with Gasteiger partial charge in [0.05, 0.1) is 93.8 Å². The summed E-state index contributed by atoms with van der Waals surface area (Å²) in [4.78, 5) is 114. The number of nitrogens with zero attached hydrogens (tertiary/aromatic N) is 13. The number of pyridine rings is 9. The molecule has 3 fully saturated rings. The van der Waals surface area contributed by atoms with E-state index in [0.717, 1.165) is 107 Å². The summed E-state index contributed by atoms with van der Waals surface area (Å²) in [5, 5.41) is 8.75. The number of H-pyrrole nitrogens is 3. The molecule has 0 aromatic carbocycles. The van der Waals surface area contributed by atoms with E-state index in [9.17, 15) is 68.3 Å². The van der Waals surface area contributed by atoms with Crippen molar-refractivity contribution in [1.82, 2.24) is 88.5 Å². The third-order valence-electron chi connectivity index (χ3n) is 26.1. The number of anilines is 1. The molecule has 137 heavy (non-hydrogen) atoms. The highest BCUT2D eigenvalue weighted by molar-refractivity contribution is 6.01. The first-order chi connectivity index (χ1) is 64.9. The van der Waals surface area contributed by atoms with Gasteiger partial charge in [-0.05, 0) is 193 Å². The van der Waals surface area contributed by atoms with Crippen molar-refractivity contribution in [3.63, 3.8) is 0 Å². The molecule has 0 bridgehead atoms. The molecule has 0 spiro atoms. The molecule has 3 aliphatic rings. The second kappa shape index (κ2) is 42.9. The third kappa shape index (κ3) is 23.6. The van der Waals surface area contributed by atoms with E-state index in [0.29, 0.717) is 133 Å². The van der Waals surface area contributed by atoms with Crippen LogP contribution in [0.1, 0.15) is 176 Å². The van der Waals surface area contributed by atoms with Crippen LogP contribution in [-0.4, -0.2) is 242 Å². The number of ether oxygens (including phenoxy) is 3. The Balaban J connectivity index is 0.000000174. The number of amides is 3. The van der Waals surface area contributed by atoms with Crippen LogP contribution < -0.4 is 51.7 Å². The molecule has 3 unspecified atom stereocenters. The smallest absolute Gasteiger partial charge is 0.401 e. The number of methoxy groups -OCH3 is 3. The molecule has 0 aliphatic carbocycles. The molecule has 6 N–H and O–H groups in total. The van der Waals surface area contributed by atoms with Crippen molar-refractivity contribution < 1.29 is 68.1 Å². The predicted octanol–water partition coefficient (Wildman–Crippen LogP) is 15.2. The van der Waals surface area contributed by atoms with E-state index in [4.69, 9.17) is 14.2 Å². The van der Waals surface area contributed by atoms with Gasteiger partial charge in [-0.25, -0.2) is 4.98 Å². The lowest BCUT2D eigenvalue weighted by Crippen LogP contribution is -2.49. The topological polar surface area (TPSA) is 288 Å². The highest BCUT2D eigenvalue weighted by atomic mass is 19.4. The lowest BCUT2D eigenvalue weighted by atomic mass is 9.98. The number of aromatic amines is 3. The van der Waals surface area contributed by atoms with Crippen LogP contribution in [0.4, 0.5) is 45.3 Å². The van der Waals surface area contributed by atoms with Gasteiger partial charge in [0.25, 0.3) is 34.4 Å². The lowest BCUT2D eigenvalue weighted by molar-refractivity contribution is -0.150. The number of carbonyl (C=O) groups is 3. The SMILES string of the molecule is CCc1cc(-c2ccn3c(C(C)N4CCN(CC(F)(F)F)CC4)c(C)c(C(=O)NCc4c(OC)cc(C)[nH]c4=O)cc23)ccn1.COc1cc(C)[nH]c(=O)c1CNC(=O)c1cc2c(-c3cccnc3N(C)C)ccn2c(C(C)N2CCN(CC(F)(F)F)CC2)c1C.COc1cc(C)[nH]c(=O)c1CNC(=O)c1cc2c(-c3ccnc(C(C)C)c3)ccn2c(C(C)N2CCN(CC(F)(F)F)CC2)c1C. The minimum absolute atomic E-state index is 0.0353. The van der Waals surface area contributed by atoms with E-state index in [-0.39, 0.29) is 91.2 Å². The summed E-state index contributed by atoms with van der Waals surface area (Å²) in [5.41, 5.74) is 17.9. The minimum Gasteiger partial charge on any atom is -0.496 e.